The molecule has 2 rings (SSSR count). The van der Waals surface area contributed by atoms with Crippen molar-refractivity contribution in [3.63, 3.8) is 0 Å². The number of anilines is 1. The van der Waals surface area contributed by atoms with Crippen LogP contribution in [-0.4, -0.2) is 26.8 Å². The number of aliphatic carboxylic acids is 1. The van der Waals surface area contributed by atoms with Crippen LogP contribution < -0.4 is 5.32 Å². The van der Waals surface area contributed by atoms with E-state index in [1.807, 2.05) is 13.8 Å². The molecule has 17 heavy (non-hydrogen) atoms. The molecule has 1 aliphatic rings. The number of carboxylic acids is 1. The van der Waals surface area contributed by atoms with Crippen molar-refractivity contribution in [3.8, 4) is 0 Å². The predicted molar refractivity (Wildman–Crippen MR) is 60.4 cm³/mol. The molecule has 0 spiro atoms. The zero-order chi connectivity index (χ0) is 12.6. The number of nitrogens with one attached hydrogen (secondary N) is 1. The van der Waals surface area contributed by atoms with Crippen molar-refractivity contribution < 1.29 is 14.7 Å². The Bertz CT molecular complexity index is 464. The first-order chi connectivity index (χ1) is 7.88. The first-order valence-corrected chi connectivity index (χ1v) is 5.43. The molecule has 0 aromatic carbocycles. The van der Waals surface area contributed by atoms with Gasteiger partial charge >= 0.3 is 5.97 Å². The molecule has 2 N–H and O–H groups in total. The van der Waals surface area contributed by atoms with E-state index in [1.165, 1.54) is 17.1 Å². The third kappa shape index (κ3) is 2.64. The summed E-state index contributed by atoms with van der Waals surface area (Å²) >= 11 is 0. The largest absolute Gasteiger partial charge is 0.480 e. The van der Waals surface area contributed by atoms with Crippen molar-refractivity contribution in [1.29, 1.82) is 0 Å². The highest BCUT2D eigenvalue weighted by molar-refractivity contribution is 5.94. The van der Waals surface area contributed by atoms with Gasteiger partial charge < -0.3 is 10.4 Å². The Morgan fingerprint density at radius 2 is 2.29 bits per heavy atom. The van der Waals surface area contributed by atoms with Crippen LogP contribution in [0.3, 0.4) is 0 Å². The van der Waals surface area contributed by atoms with Crippen LogP contribution in [0.25, 0.3) is 0 Å². The number of hydrogen-bond acceptors (Lipinski definition) is 3. The minimum Gasteiger partial charge on any atom is -0.480 e. The highest BCUT2D eigenvalue weighted by Crippen LogP contribution is 2.51. The summed E-state index contributed by atoms with van der Waals surface area (Å²) in [6.07, 6.45) is 3.86. The van der Waals surface area contributed by atoms with E-state index in [1.54, 1.807) is 0 Å². The highest BCUT2D eigenvalue weighted by Gasteiger charge is 2.50. The topological polar surface area (TPSA) is 84.2 Å². The molecule has 6 nitrogen and oxygen atoms in total. The summed E-state index contributed by atoms with van der Waals surface area (Å²) in [7, 11) is 0. The SMILES string of the molecule is CC1(C)CC1C(=O)Nc1cnn(CC(=O)O)c1. The third-order valence-electron chi connectivity index (χ3n) is 3.03. The standard InChI is InChI=1S/C11H15N3O3/c1-11(2)3-8(11)10(17)13-7-4-12-14(5-7)6-9(15)16/h4-5,8H,3,6H2,1-2H3,(H,13,17)(H,15,16). The van der Waals surface area contributed by atoms with E-state index in [0.717, 1.165) is 6.42 Å². The molecule has 92 valence electrons. The van der Waals surface area contributed by atoms with Gasteiger partial charge in [0.1, 0.15) is 6.54 Å². The van der Waals surface area contributed by atoms with E-state index in [4.69, 9.17) is 5.11 Å². The maximum Gasteiger partial charge on any atom is 0.325 e. The second kappa shape index (κ2) is 3.87. The number of carboxylic acid groups (broad SMARTS) is 1. The fourth-order valence-corrected chi connectivity index (χ4v) is 1.80. The Morgan fingerprint density at radius 1 is 1.65 bits per heavy atom. The van der Waals surface area contributed by atoms with Crippen molar-refractivity contribution in [2.24, 2.45) is 11.3 Å². The monoisotopic (exact) mass is 237 g/mol. The number of carbonyl (C=O) groups excluding carboxylic acids is 1. The second-order valence-corrected chi connectivity index (χ2v) is 5.05. The zero-order valence-corrected chi connectivity index (χ0v) is 9.80. The van der Waals surface area contributed by atoms with Gasteiger partial charge in [-0.15, -0.1) is 0 Å². The van der Waals surface area contributed by atoms with Gasteiger partial charge in [-0.1, -0.05) is 13.8 Å². The van der Waals surface area contributed by atoms with Crippen molar-refractivity contribution in [1.82, 2.24) is 9.78 Å². The van der Waals surface area contributed by atoms with Gasteiger partial charge in [-0.3, -0.25) is 14.3 Å². The fraction of sp³-hybridized carbons (Fsp3) is 0.545. The summed E-state index contributed by atoms with van der Waals surface area (Å²) in [5.74, 6) is -0.940. The lowest BCUT2D eigenvalue weighted by Gasteiger charge is -2.03. The summed E-state index contributed by atoms with van der Waals surface area (Å²) in [5.41, 5.74) is 0.625. The van der Waals surface area contributed by atoms with E-state index in [-0.39, 0.29) is 23.8 Å². The number of rotatable bonds is 4. The Morgan fingerprint density at radius 3 is 2.82 bits per heavy atom. The fourth-order valence-electron chi connectivity index (χ4n) is 1.80. The summed E-state index contributed by atoms with van der Waals surface area (Å²) in [6, 6.07) is 0. The molecule has 1 aliphatic carbocycles. The molecule has 1 aromatic heterocycles. The summed E-state index contributed by atoms with van der Waals surface area (Å²) < 4.78 is 1.27. The maximum atomic E-state index is 11.8. The molecule has 1 aromatic rings. The zero-order valence-electron chi connectivity index (χ0n) is 9.80. The van der Waals surface area contributed by atoms with Gasteiger partial charge in [-0.25, -0.2) is 0 Å². The molecule has 0 aliphatic heterocycles. The van der Waals surface area contributed by atoms with E-state index in [0.29, 0.717) is 5.69 Å². The average molecular weight is 237 g/mol. The molecular formula is C11H15N3O3. The first kappa shape index (κ1) is 11.6. The van der Waals surface area contributed by atoms with Crippen LogP contribution in [-0.2, 0) is 16.1 Å². The number of nitrogens with zero attached hydrogens (tertiary/aromatic N) is 2. The Balaban J connectivity index is 1.93. The predicted octanol–water partition coefficient (Wildman–Crippen LogP) is 0.952. The third-order valence-corrected chi connectivity index (χ3v) is 3.03. The lowest BCUT2D eigenvalue weighted by molar-refractivity contribution is -0.137. The van der Waals surface area contributed by atoms with Gasteiger partial charge in [0.25, 0.3) is 0 Å². The minimum absolute atomic E-state index is 0.0233. The van der Waals surface area contributed by atoms with Crippen LogP contribution in [0.4, 0.5) is 5.69 Å². The molecule has 1 unspecified atom stereocenters. The van der Waals surface area contributed by atoms with Crippen molar-refractivity contribution in [2.75, 3.05) is 5.32 Å². The van der Waals surface area contributed by atoms with Crippen LogP contribution in [0.5, 0.6) is 0 Å². The van der Waals surface area contributed by atoms with Crippen molar-refractivity contribution in [3.05, 3.63) is 12.4 Å². The normalized spacial score (nSPS) is 20.9. The minimum atomic E-state index is -0.964. The van der Waals surface area contributed by atoms with E-state index < -0.39 is 5.97 Å². The van der Waals surface area contributed by atoms with Crippen molar-refractivity contribution >= 4 is 17.6 Å². The van der Waals surface area contributed by atoms with Gasteiger partial charge in [0.15, 0.2) is 0 Å². The molecule has 1 saturated carbocycles. The molecular weight excluding hydrogens is 222 g/mol. The lowest BCUT2D eigenvalue weighted by Crippen LogP contribution is -2.16. The molecule has 1 atom stereocenters. The van der Waals surface area contributed by atoms with Gasteiger partial charge in [0.2, 0.25) is 5.91 Å². The Labute approximate surface area is 98.6 Å². The smallest absolute Gasteiger partial charge is 0.325 e. The van der Waals surface area contributed by atoms with Gasteiger partial charge in [0.05, 0.1) is 11.9 Å². The maximum absolute atomic E-state index is 11.8. The van der Waals surface area contributed by atoms with E-state index in [9.17, 15) is 9.59 Å². The van der Waals surface area contributed by atoms with Crippen LogP contribution in [0.15, 0.2) is 12.4 Å². The molecule has 1 fully saturated rings. The molecule has 0 bridgehead atoms. The lowest BCUT2D eigenvalue weighted by atomic mass is 10.1. The second-order valence-electron chi connectivity index (χ2n) is 5.05. The molecule has 0 saturated heterocycles. The van der Waals surface area contributed by atoms with Crippen LogP contribution in [0, 0.1) is 11.3 Å². The molecule has 1 heterocycles. The molecule has 1 amide bonds. The summed E-state index contributed by atoms with van der Waals surface area (Å²) in [4.78, 5) is 22.2. The number of hydrogen-bond donors (Lipinski definition) is 2. The Hall–Kier alpha value is -1.85. The molecule has 0 radical (unpaired) electrons. The van der Waals surface area contributed by atoms with Gasteiger partial charge in [-0.2, -0.15) is 5.10 Å². The number of amides is 1. The summed E-state index contributed by atoms with van der Waals surface area (Å²) in [5, 5.41) is 15.2. The quantitative estimate of drug-likeness (QED) is 0.816. The van der Waals surface area contributed by atoms with Crippen LogP contribution >= 0.6 is 0 Å². The summed E-state index contributed by atoms with van der Waals surface area (Å²) in [6.45, 7) is 3.89. The average Bonchev–Trinajstić information content (AvgIpc) is 2.63. The van der Waals surface area contributed by atoms with E-state index >= 15 is 0 Å². The Kier molecular flexibility index (Phi) is 2.65. The first-order valence-electron chi connectivity index (χ1n) is 5.43. The highest BCUT2D eigenvalue weighted by atomic mass is 16.4. The number of carbonyl (C=O) groups is 2. The van der Waals surface area contributed by atoms with Crippen molar-refractivity contribution in [2.45, 2.75) is 26.8 Å². The van der Waals surface area contributed by atoms with Gasteiger partial charge in [-0.05, 0) is 11.8 Å². The van der Waals surface area contributed by atoms with E-state index in [2.05, 4.69) is 10.4 Å². The van der Waals surface area contributed by atoms with Crippen LogP contribution in [0.1, 0.15) is 20.3 Å². The van der Waals surface area contributed by atoms with Gasteiger partial charge in [0, 0.05) is 12.1 Å². The molecule has 6 heteroatoms. The number of aromatic nitrogens is 2. The van der Waals surface area contributed by atoms with Crippen LogP contribution in [0.2, 0.25) is 0 Å².